The summed E-state index contributed by atoms with van der Waals surface area (Å²) in [6, 6.07) is 12.4. The van der Waals surface area contributed by atoms with Gasteiger partial charge in [0.25, 0.3) is 0 Å². The molecule has 3 rings (SSSR count). The smallest absolute Gasteiger partial charge is 0.404 e. The van der Waals surface area contributed by atoms with Crippen molar-refractivity contribution in [1.82, 2.24) is 4.72 Å². The molecule has 1 aliphatic rings. The van der Waals surface area contributed by atoms with E-state index < -0.39 is 27.0 Å². The van der Waals surface area contributed by atoms with E-state index in [-0.39, 0.29) is 12.6 Å². The number of sulfonamides is 1. The van der Waals surface area contributed by atoms with Gasteiger partial charge in [0, 0.05) is 24.8 Å². The second-order valence-electron chi connectivity index (χ2n) is 6.27. The summed E-state index contributed by atoms with van der Waals surface area (Å²) in [6.07, 6.45) is -4.10. The third-order valence-corrected chi connectivity index (χ3v) is 5.85. The van der Waals surface area contributed by atoms with Crippen molar-refractivity contribution in [3.8, 4) is 5.75 Å². The van der Waals surface area contributed by atoms with Crippen LogP contribution in [0.15, 0.2) is 53.4 Å². The Morgan fingerprint density at radius 1 is 1.15 bits per heavy atom. The van der Waals surface area contributed by atoms with Crippen molar-refractivity contribution >= 4 is 15.7 Å². The largest absolute Gasteiger partial charge is 0.573 e. The van der Waals surface area contributed by atoms with Crippen molar-refractivity contribution in [3.63, 3.8) is 0 Å². The summed E-state index contributed by atoms with van der Waals surface area (Å²) in [6.45, 7) is 2.68. The fourth-order valence-corrected chi connectivity index (χ4v) is 4.37. The van der Waals surface area contributed by atoms with Crippen molar-refractivity contribution in [1.29, 1.82) is 0 Å². The molecule has 0 saturated carbocycles. The minimum absolute atomic E-state index is 0.0526. The molecule has 1 unspecified atom stereocenters. The van der Waals surface area contributed by atoms with E-state index in [0.29, 0.717) is 0 Å². The van der Waals surface area contributed by atoms with E-state index in [1.54, 1.807) is 0 Å². The average Bonchev–Trinajstić information content (AvgIpc) is 3.03. The quantitative estimate of drug-likeness (QED) is 0.808. The van der Waals surface area contributed by atoms with E-state index in [2.05, 4.69) is 14.4 Å². The van der Waals surface area contributed by atoms with Crippen LogP contribution in [0.1, 0.15) is 12.5 Å². The number of nitrogens with one attached hydrogen (secondary N) is 1. The molecule has 0 aromatic heterocycles. The molecule has 146 valence electrons. The number of hydrogen-bond donors (Lipinski definition) is 1. The van der Waals surface area contributed by atoms with Crippen LogP contribution in [0.5, 0.6) is 5.75 Å². The van der Waals surface area contributed by atoms with E-state index in [9.17, 15) is 21.6 Å². The number of para-hydroxylation sites is 2. The number of fused-ring (bicyclic) bond motifs is 1. The number of alkyl halides is 3. The molecule has 0 fully saturated rings. The fraction of sp³-hybridized carbons (Fsp3) is 0.333. The summed E-state index contributed by atoms with van der Waals surface area (Å²) in [7, 11) is -4.17. The number of hydrogen-bond acceptors (Lipinski definition) is 4. The zero-order valence-corrected chi connectivity index (χ0v) is 15.3. The second-order valence-corrected chi connectivity index (χ2v) is 8.00. The van der Waals surface area contributed by atoms with Crippen LogP contribution in [0, 0.1) is 0 Å². The van der Waals surface area contributed by atoms with Gasteiger partial charge in [-0.2, -0.15) is 0 Å². The highest BCUT2D eigenvalue weighted by atomic mass is 32.2. The monoisotopic (exact) mass is 400 g/mol. The molecule has 1 atom stereocenters. The minimum Gasteiger partial charge on any atom is -0.404 e. The van der Waals surface area contributed by atoms with E-state index >= 15 is 0 Å². The third-order valence-electron chi connectivity index (χ3n) is 4.39. The van der Waals surface area contributed by atoms with Crippen LogP contribution < -0.4 is 14.4 Å². The first-order valence-electron chi connectivity index (χ1n) is 8.36. The standard InChI is InChI=1S/C18H19F3N2O3S/c1-13(23-11-10-14-6-2-3-7-15(14)23)12-22-27(24,25)17-9-5-4-8-16(17)26-18(19,20)21/h2-9,13,22H,10-12H2,1H3. The van der Waals surface area contributed by atoms with Crippen molar-refractivity contribution in [2.75, 3.05) is 18.0 Å². The summed E-state index contributed by atoms with van der Waals surface area (Å²) in [5.41, 5.74) is 2.24. The van der Waals surface area contributed by atoms with Crippen LogP contribution >= 0.6 is 0 Å². The van der Waals surface area contributed by atoms with E-state index in [4.69, 9.17) is 0 Å². The maximum Gasteiger partial charge on any atom is 0.573 e. The number of halogens is 3. The molecule has 2 aromatic rings. The van der Waals surface area contributed by atoms with Crippen molar-refractivity contribution < 1.29 is 26.3 Å². The maximum atomic E-state index is 12.5. The normalized spacial score (nSPS) is 15.5. The number of anilines is 1. The molecule has 5 nitrogen and oxygen atoms in total. The van der Waals surface area contributed by atoms with Gasteiger partial charge in [0.1, 0.15) is 10.6 Å². The highest BCUT2D eigenvalue weighted by molar-refractivity contribution is 7.89. The highest BCUT2D eigenvalue weighted by Crippen LogP contribution is 2.30. The van der Waals surface area contributed by atoms with Crippen molar-refractivity contribution in [3.05, 3.63) is 54.1 Å². The lowest BCUT2D eigenvalue weighted by Crippen LogP contribution is -2.41. The lowest BCUT2D eigenvalue weighted by atomic mass is 10.2. The van der Waals surface area contributed by atoms with Crippen LogP contribution in [0.25, 0.3) is 0 Å². The van der Waals surface area contributed by atoms with Gasteiger partial charge in [-0.05, 0) is 37.1 Å². The van der Waals surface area contributed by atoms with Gasteiger partial charge in [-0.15, -0.1) is 13.2 Å². The molecule has 0 radical (unpaired) electrons. The SMILES string of the molecule is CC(CNS(=O)(=O)c1ccccc1OC(F)(F)F)N1CCc2ccccc21. The minimum atomic E-state index is -4.97. The Labute approximate surface area is 155 Å². The second kappa shape index (κ2) is 7.40. The molecule has 1 heterocycles. The highest BCUT2D eigenvalue weighted by Gasteiger charge is 2.34. The summed E-state index contributed by atoms with van der Waals surface area (Å²) in [5, 5.41) is 0. The Morgan fingerprint density at radius 3 is 2.56 bits per heavy atom. The maximum absolute atomic E-state index is 12.5. The van der Waals surface area contributed by atoms with E-state index in [0.717, 1.165) is 30.8 Å². The number of benzene rings is 2. The molecule has 9 heteroatoms. The molecule has 27 heavy (non-hydrogen) atoms. The average molecular weight is 400 g/mol. The summed E-state index contributed by atoms with van der Waals surface area (Å²) >= 11 is 0. The number of nitrogens with zero attached hydrogens (tertiary/aromatic N) is 1. The first-order chi connectivity index (χ1) is 12.7. The number of rotatable bonds is 6. The molecule has 1 N–H and O–H groups in total. The molecule has 0 aliphatic carbocycles. The zero-order chi connectivity index (χ0) is 19.7. The Balaban J connectivity index is 1.73. The number of ether oxygens (including phenoxy) is 1. The van der Waals surface area contributed by atoms with Crippen LogP contribution in [0.4, 0.5) is 18.9 Å². The topological polar surface area (TPSA) is 58.6 Å². The van der Waals surface area contributed by atoms with Gasteiger partial charge in [-0.3, -0.25) is 0 Å². The first kappa shape index (κ1) is 19.5. The fourth-order valence-electron chi connectivity index (χ4n) is 3.12. The lowest BCUT2D eigenvalue weighted by molar-refractivity contribution is -0.275. The van der Waals surface area contributed by atoms with E-state index in [1.807, 2.05) is 31.2 Å². The van der Waals surface area contributed by atoms with Gasteiger partial charge >= 0.3 is 6.36 Å². The van der Waals surface area contributed by atoms with Gasteiger partial charge in [-0.25, -0.2) is 13.1 Å². The van der Waals surface area contributed by atoms with Gasteiger partial charge in [-0.1, -0.05) is 30.3 Å². The summed E-state index contributed by atoms with van der Waals surface area (Å²) < 4.78 is 68.9. The van der Waals surface area contributed by atoms with Gasteiger partial charge < -0.3 is 9.64 Å². The van der Waals surface area contributed by atoms with E-state index in [1.165, 1.54) is 17.7 Å². The molecule has 0 saturated heterocycles. The van der Waals surface area contributed by atoms with Crippen LogP contribution in [0.2, 0.25) is 0 Å². The van der Waals surface area contributed by atoms with Crippen LogP contribution in [0.3, 0.4) is 0 Å². The molecular weight excluding hydrogens is 381 g/mol. The Hall–Kier alpha value is -2.26. The van der Waals surface area contributed by atoms with Gasteiger partial charge in [0.05, 0.1) is 0 Å². The molecular formula is C18H19F3N2O3S. The van der Waals surface area contributed by atoms with Crippen molar-refractivity contribution in [2.45, 2.75) is 30.6 Å². The van der Waals surface area contributed by atoms with Crippen molar-refractivity contribution in [2.24, 2.45) is 0 Å². The zero-order valence-electron chi connectivity index (χ0n) is 14.5. The third kappa shape index (κ3) is 4.54. The summed E-state index contributed by atoms with van der Waals surface area (Å²) in [4.78, 5) is 1.53. The predicted molar refractivity (Wildman–Crippen MR) is 95.3 cm³/mol. The molecule has 2 aromatic carbocycles. The van der Waals surface area contributed by atoms with Gasteiger partial charge in [0.2, 0.25) is 10.0 Å². The summed E-state index contributed by atoms with van der Waals surface area (Å²) in [5.74, 6) is -0.753. The molecule has 0 bridgehead atoms. The lowest BCUT2D eigenvalue weighted by Gasteiger charge is -2.27. The Kier molecular flexibility index (Phi) is 5.34. The predicted octanol–water partition coefficient (Wildman–Crippen LogP) is 3.31. The van der Waals surface area contributed by atoms with Crippen LogP contribution in [-0.4, -0.2) is 33.9 Å². The first-order valence-corrected chi connectivity index (χ1v) is 9.85. The van der Waals surface area contributed by atoms with Gasteiger partial charge in [0.15, 0.2) is 0 Å². The van der Waals surface area contributed by atoms with Crippen LogP contribution in [-0.2, 0) is 16.4 Å². The Morgan fingerprint density at radius 2 is 1.81 bits per heavy atom. The Bertz CT molecular complexity index is 916. The molecule has 1 aliphatic heterocycles. The molecule has 0 spiro atoms. The molecule has 0 amide bonds.